The summed E-state index contributed by atoms with van der Waals surface area (Å²) in [5, 5.41) is 3.05. The molecular formula is C20H23N2O4+. The summed E-state index contributed by atoms with van der Waals surface area (Å²) in [6, 6.07) is 15.2. The maximum Gasteiger partial charge on any atom is 0.287 e. The standard InChI is InChI=1S/C20H22N2O4/c23-20(21-16-6-7-17-18(14-16)26-13-12-25-17)19(15-4-2-1-3-5-15)22-8-10-24-11-9-22/h1-7,14,19H,8-13H2,(H,21,23)/p+1. The van der Waals surface area contributed by atoms with Crippen molar-refractivity contribution >= 4 is 11.6 Å². The topological polar surface area (TPSA) is 61.2 Å². The second-order valence-corrected chi connectivity index (χ2v) is 6.46. The predicted octanol–water partition coefficient (Wildman–Crippen LogP) is 1.05. The zero-order valence-corrected chi connectivity index (χ0v) is 14.6. The third kappa shape index (κ3) is 3.66. The van der Waals surface area contributed by atoms with Crippen LogP contribution in [0.3, 0.4) is 0 Å². The molecule has 26 heavy (non-hydrogen) atoms. The molecule has 6 heteroatoms. The lowest BCUT2D eigenvalue weighted by Crippen LogP contribution is -3.15. The van der Waals surface area contributed by atoms with Gasteiger partial charge in [-0.25, -0.2) is 0 Å². The van der Waals surface area contributed by atoms with E-state index < -0.39 is 0 Å². The predicted molar refractivity (Wildman–Crippen MR) is 96.8 cm³/mol. The van der Waals surface area contributed by atoms with E-state index in [0.29, 0.717) is 43.6 Å². The van der Waals surface area contributed by atoms with Gasteiger partial charge in [0.1, 0.15) is 26.3 Å². The van der Waals surface area contributed by atoms with Crippen molar-refractivity contribution < 1.29 is 23.9 Å². The minimum Gasteiger partial charge on any atom is -0.486 e. The number of amides is 1. The van der Waals surface area contributed by atoms with Crippen LogP contribution in [0, 0.1) is 0 Å². The molecule has 2 N–H and O–H groups in total. The molecule has 6 nitrogen and oxygen atoms in total. The molecule has 0 saturated carbocycles. The van der Waals surface area contributed by atoms with E-state index in [-0.39, 0.29) is 11.9 Å². The minimum absolute atomic E-state index is 0.0234. The zero-order chi connectivity index (χ0) is 17.8. The summed E-state index contributed by atoms with van der Waals surface area (Å²) in [6.45, 7) is 4.05. The third-order valence-corrected chi connectivity index (χ3v) is 4.75. The number of nitrogens with one attached hydrogen (secondary N) is 2. The monoisotopic (exact) mass is 355 g/mol. The van der Waals surface area contributed by atoms with Gasteiger partial charge in [-0.05, 0) is 12.1 Å². The SMILES string of the molecule is O=C(Nc1ccc2c(c1)OCCO2)C(c1ccccc1)[NH+]1CCOCC1. The van der Waals surface area contributed by atoms with Crippen LogP contribution in [0.5, 0.6) is 11.5 Å². The van der Waals surface area contributed by atoms with E-state index >= 15 is 0 Å². The van der Waals surface area contributed by atoms with Crippen LogP contribution in [-0.4, -0.2) is 45.4 Å². The fraction of sp³-hybridized carbons (Fsp3) is 0.350. The Morgan fingerprint density at radius 3 is 2.42 bits per heavy atom. The van der Waals surface area contributed by atoms with Gasteiger partial charge < -0.3 is 24.4 Å². The summed E-state index contributed by atoms with van der Waals surface area (Å²) in [4.78, 5) is 14.4. The number of benzene rings is 2. The Kier molecular flexibility index (Phi) is 5.04. The van der Waals surface area contributed by atoms with E-state index in [1.165, 1.54) is 4.90 Å². The normalized spacial score (nSPS) is 18.2. The highest BCUT2D eigenvalue weighted by Gasteiger charge is 2.33. The second kappa shape index (κ2) is 7.76. The van der Waals surface area contributed by atoms with Gasteiger partial charge in [-0.3, -0.25) is 4.79 Å². The van der Waals surface area contributed by atoms with E-state index in [1.54, 1.807) is 0 Å². The maximum atomic E-state index is 13.1. The lowest BCUT2D eigenvalue weighted by Gasteiger charge is -2.31. The molecular weight excluding hydrogens is 332 g/mol. The van der Waals surface area contributed by atoms with E-state index in [1.807, 2.05) is 48.5 Å². The molecule has 0 radical (unpaired) electrons. The van der Waals surface area contributed by atoms with Crippen molar-refractivity contribution in [1.82, 2.24) is 0 Å². The molecule has 2 aromatic carbocycles. The second-order valence-electron chi connectivity index (χ2n) is 6.46. The average Bonchev–Trinajstić information content (AvgIpc) is 2.70. The number of morpholine rings is 1. The van der Waals surface area contributed by atoms with Crippen LogP contribution in [0.2, 0.25) is 0 Å². The van der Waals surface area contributed by atoms with Crippen molar-refractivity contribution in [2.24, 2.45) is 0 Å². The van der Waals surface area contributed by atoms with Gasteiger partial charge in [-0.2, -0.15) is 0 Å². The van der Waals surface area contributed by atoms with Crippen LogP contribution in [0.1, 0.15) is 11.6 Å². The molecule has 1 unspecified atom stereocenters. The van der Waals surface area contributed by atoms with Crippen LogP contribution in [0.4, 0.5) is 5.69 Å². The Bertz CT molecular complexity index is 760. The third-order valence-electron chi connectivity index (χ3n) is 4.75. The molecule has 1 amide bonds. The molecule has 2 aromatic rings. The van der Waals surface area contributed by atoms with E-state index in [9.17, 15) is 4.79 Å². The van der Waals surface area contributed by atoms with Gasteiger partial charge in [-0.1, -0.05) is 30.3 Å². The summed E-state index contributed by atoms with van der Waals surface area (Å²) in [5.41, 5.74) is 1.73. The first-order valence-electron chi connectivity index (χ1n) is 8.99. The fourth-order valence-electron chi connectivity index (χ4n) is 3.48. The van der Waals surface area contributed by atoms with Crippen molar-refractivity contribution in [2.45, 2.75) is 6.04 Å². The van der Waals surface area contributed by atoms with Crippen molar-refractivity contribution in [3.8, 4) is 11.5 Å². The Morgan fingerprint density at radius 1 is 0.923 bits per heavy atom. The van der Waals surface area contributed by atoms with Crippen molar-refractivity contribution in [3.63, 3.8) is 0 Å². The van der Waals surface area contributed by atoms with Gasteiger partial charge in [0.15, 0.2) is 17.5 Å². The summed E-state index contributed by atoms with van der Waals surface area (Å²) < 4.78 is 16.6. The first kappa shape index (κ1) is 16.9. The lowest BCUT2D eigenvalue weighted by molar-refractivity contribution is -0.929. The first-order valence-corrected chi connectivity index (χ1v) is 8.99. The lowest BCUT2D eigenvalue weighted by atomic mass is 10.0. The molecule has 0 aromatic heterocycles. The molecule has 2 aliphatic heterocycles. The highest BCUT2D eigenvalue weighted by molar-refractivity contribution is 5.94. The fourth-order valence-corrected chi connectivity index (χ4v) is 3.48. The average molecular weight is 355 g/mol. The number of fused-ring (bicyclic) bond motifs is 1. The zero-order valence-electron chi connectivity index (χ0n) is 14.6. The Balaban J connectivity index is 1.56. The summed E-state index contributed by atoms with van der Waals surface area (Å²) in [7, 11) is 0. The summed E-state index contributed by atoms with van der Waals surface area (Å²) in [6.07, 6.45) is 0. The van der Waals surface area contributed by atoms with Gasteiger partial charge in [0, 0.05) is 17.3 Å². The molecule has 0 spiro atoms. The first-order chi connectivity index (χ1) is 12.8. The van der Waals surface area contributed by atoms with E-state index in [4.69, 9.17) is 14.2 Å². The molecule has 1 atom stereocenters. The van der Waals surface area contributed by atoms with E-state index in [0.717, 1.165) is 18.7 Å². The number of carbonyl (C=O) groups excluding carboxylic acids is 1. The van der Waals surface area contributed by atoms with Crippen LogP contribution in [0.15, 0.2) is 48.5 Å². The molecule has 1 saturated heterocycles. The molecule has 2 aliphatic rings. The number of hydrogen-bond acceptors (Lipinski definition) is 4. The quantitative estimate of drug-likeness (QED) is 0.861. The molecule has 0 bridgehead atoms. The molecule has 4 rings (SSSR count). The minimum atomic E-state index is -0.270. The Labute approximate surface area is 152 Å². The van der Waals surface area contributed by atoms with Crippen LogP contribution in [0.25, 0.3) is 0 Å². The number of quaternary nitrogens is 1. The molecule has 2 heterocycles. The van der Waals surface area contributed by atoms with E-state index in [2.05, 4.69) is 5.32 Å². The van der Waals surface area contributed by atoms with Gasteiger partial charge >= 0.3 is 0 Å². The van der Waals surface area contributed by atoms with Crippen molar-refractivity contribution in [1.29, 1.82) is 0 Å². The summed E-state index contributed by atoms with van der Waals surface area (Å²) in [5.74, 6) is 1.36. The highest BCUT2D eigenvalue weighted by atomic mass is 16.6. The number of hydrogen-bond donors (Lipinski definition) is 2. The number of carbonyl (C=O) groups is 1. The number of ether oxygens (including phenoxy) is 3. The van der Waals surface area contributed by atoms with Gasteiger partial charge in [0.25, 0.3) is 5.91 Å². The van der Waals surface area contributed by atoms with Gasteiger partial charge in [0.2, 0.25) is 0 Å². The maximum absolute atomic E-state index is 13.1. The van der Waals surface area contributed by atoms with Gasteiger partial charge in [-0.15, -0.1) is 0 Å². The van der Waals surface area contributed by atoms with Crippen molar-refractivity contribution in [2.75, 3.05) is 44.8 Å². The highest BCUT2D eigenvalue weighted by Crippen LogP contribution is 2.32. The van der Waals surface area contributed by atoms with Gasteiger partial charge in [0.05, 0.1) is 13.2 Å². The van der Waals surface area contributed by atoms with Crippen LogP contribution in [-0.2, 0) is 9.53 Å². The number of anilines is 1. The molecule has 136 valence electrons. The summed E-state index contributed by atoms with van der Waals surface area (Å²) >= 11 is 0. The Morgan fingerprint density at radius 2 is 1.65 bits per heavy atom. The Hall–Kier alpha value is -2.57. The number of rotatable bonds is 4. The van der Waals surface area contributed by atoms with Crippen LogP contribution >= 0.6 is 0 Å². The molecule has 1 fully saturated rings. The smallest absolute Gasteiger partial charge is 0.287 e. The van der Waals surface area contributed by atoms with Crippen LogP contribution < -0.4 is 19.7 Å². The van der Waals surface area contributed by atoms with Crippen molar-refractivity contribution in [3.05, 3.63) is 54.1 Å². The largest absolute Gasteiger partial charge is 0.486 e. The molecule has 0 aliphatic carbocycles.